The Kier molecular flexibility index (Phi) is 4.18. The van der Waals surface area contributed by atoms with E-state index in [2.05, 4.69) is 55.5 Å². The van der Waals surface area contributed by atoms with E-state index >= 15 is 0 Å². The van der Waals surface area contributed by atoms with Gasteiger partial charge in [0.25, 0.3) is 0 Å². The minimum Gasteiger partial charge on any atom is -0.397 e. The molecule has 4 aromatic rings. The normalized spacial score (nSPS) is 10.8. The lowest BCUT2D eigenvalue weighted by molar-refractivity contribution is 1.21. The van der Waals surface area contributed by atoms with Crippen LogP contribution in [0.5, 0.6) is 0 Å². The molecule has 6 heteroatoms. The molecule has 0 amide bonds. The topological polar surface area (TPSA) is 89.8 Å². The van der Waals surface area contributed by atoms with Gasteiger partial charge in [-0.25, -0.2) is 9.97 Å². The average molecular weight is 406 g/mol. The van der Waals surface area contributed by atoms with Gasteiger partial charge in [0.1, 0.15) is 0 Å². The third-order valence-electron chi connectivity index (χ3n) is 4.08. The molecule has 0 spiro atoms. The first-order valence-corrected chi connectivity index (χ1v) is 8.82. The molecule has 0 saturated carbocycles. The van der Waals surface area contributed by atoms with Crippen LogP contribution in [0.1, 0.15) is 0 Å². The number of aromatic nitrogens is 2. The summed E-state index contributed by atoms with van der Waals surface area (Å²) in [6.45, 7) is 0. The van der Waals surface area contributed by atoms with Crippen molar-refractivity contribution in [3.8, 4) is 11.1 Å². The van der Waals surface area contributed by atoms with Crippen LogP contribution in [0, 0.1) is 0 Å². The number of benzene rings is 3. The van der Waals surface area contributed by atoms with Crippen LogP contribution in [0.4, 0.5) is 23.0 Å². The van der Waals surface area contributed by atoms with Crippen LogP contribution in [0.25, 0.3) is 22.0 Å². The molecule has 0 radical (unpaired) electrons. The summed E-state index contributed by atoms with van der Waals surface area (Å²) in [7, 11) is 0. The molecule has 3 aromatic carbocycles. The predicted octanol–water partition coefficient (Wildman–Crippen LogP) is 4.97. The van der Waals surface area contributed by atoms with Crippen LogP contribution in [0.3, 0.4) is 0 Å². The van der Waals surface area contributed by atoms with Gasteiger partial charge in [-0.1, -0.05) is 40.2 Å². The van der Waals surface area contributed by atoms with Crippen molar-refractivity contribution in [2.24, 2.45) is 0 Å². The average Bonchev–Trinajstić information content (AvgIpc) is 2.64. The largest absolute Gasteiger partial charge is 0.397 e. The number of hydrogen-bond donors (Lipinski definition) is 3. The second-order valence-corrected chi connectivity index (χ2v) is 6.86. The Bertz CT molecular complexity index is 1090. The third kappa shape index (κ3) is 3.32. The van der Waals surface area contributed by atoms with E-state index in [-0.39, 0.29) is 0 Å². The minimum atomic E-state index is 0.511. The van der Waals surface area contributed by atoms with E-state index in [1.807, 2.05) is 24.3 Å². The summed E-state index contributed by atoms with van der Waals surface area (Å²) in [6, 6.07) is 19.9. The van der Waals surface area contributed by atoms with Crippen LogP contribution in [0.2, 0.25) is 0 Å². The summed E-state index contributed by atoms with van der Waals surface area (Å²) < 4.78 is 1.06. The molecule has 5 nitrogen and oxygen atoms in total. The molecule has 0 atom stereocenters. The number of nitrogens with two attached hydrogens (primary N) is 2. The minimum absolute atomic E-state index is 0.511. The summed E-state index contributed by atoms with van der Waals surface area (Å²) in [4.78, 5) is 8.84. The predicted molar refractivity (Wildman–Crippen MR) is 111 cm³/mol. The van der Waals surface area contributed by atoms with Crippen molar-refractivity contribution in [2.75, 3.05) is 16.8 Å². The van der Waals surface area contributed by atoms with Crippen molar-refractivity contribution in [2.45, 2.75) is 0 Å². The molecular formula is C20H16BrN5. The molecule has 128 valence electrons. The van der Waals surface area contributed by atoms with E-state index in [0.29, 0.717) is 17.3 Å². The molecule has 0 aliphatic rings. The molecule has 0 fully saturated rings. The van der Waals surface area contributed by atoms with E-state index < -0.39 is 0 Å². The molecule has 26 heavy (non-hydrogen) atoms. The second kappa shape index (κ2) is 6.65. The van der Waals surface area contributed by atoms with Gasteiger partial charge in [-0.05, 0) is 47.5 Å². The Morgan fingerprint density at radius 3 is 2.38 bits per heavy atom. The van der Waals surface area contributed by atoms with Crippen LogP contribution < -0.4 is 16.8 Å². The van der Waals surface area contributed by atoms with Gasteiger partial charge in [0.2, 0.25) is 5.95 Å². The number of nitrogens with one attached hydrogen (secondary N) is 1. The van der Waals surface area contributed by atoms with Crippen LogP contribution in [-0.4, -0.2) is 9.97 Å². The molecule has 0 unspecified atom stereocenters. The number of anilines is 4. The monoisotopic (exact) mass is 405 g/mol. The summed E-state index contributed by atoms with van der Waals surface area (Å²) in [5, 5.41) is 4.07. The fourth-order valence-corrected chi connectivity index (χ4v) is 3.12. The van der Waals surface area contributed by atoms with Gasteiger partial charge in [0, 0.05) is 21.7 Å². The molecule has 5 N–H and O–H groups in total. The van der Waals surface area contributed by atoms with E-state index in [0.717, 1.165) is 32.2 Å². The van der Waals surface area contributed by atoms with Crippen molar-refractivity contribution in [1.29, 1.82) is 0 Å². The lowest BCUT2D eigenvalue weighted by Crippen LogP contribution is -1.99. The number of halogens is 1. The summed E-state index contributed by atoms with van der Waals surface area (Å²) in [5.74, 6) is 0.511. The van der Waals surface area contributed by atoms with Gasteiger partial charge in [-0.2, -0.15) is 0 Å². The van der Waals surface area contributed by atoms with E-state index in [9.17, 15) is 0 Å². The first kappa shape index (κ1) is 16.4. The Morgan fingerprint density at radius 1 is 0.846 bits per heavy atom. The molecule has 1 heterocycles. The number of nitrogen functional groups attached to an aromatic ring is 2. The molecular weight excluding hydrogens is 390 g/mol. The highest BCUT2D eigenvalue weighted by Crippen LogP contribution is 2.26. The maximum atomic E-state index is 5.86. The van der Waals surface area contributed by atoms with Gasteiger partial charge < -0.3 is 16.8 Å². The van der Waals surface area contributed by atoms with Crippen molar-refractivity contribution in [3.63, 3.8) is 0 Å². The van der Waals surface area contributed by atoms with E-state index in [4.69, 9.17) is 11.5 Å². The molecule has 4 rings (SSSR count). The van der Waals surface area contributed by atoms with Crippen molar-refractivity contribution < 1.29 is 0 Å². The maximum Gasteiger partial charge on any atom is 0.227 e. The summed E-state index contributed by atoms with van der Waals surface area (Å²) in [6.07, 6.45) is 1.73. The number of fused-ring (bicyclic) bond motifs is 1. The van der Waals surface area contributed by atoms with Gasteiger partial charge in [0.05, 0.1) is 16.9 Å². The van der Waals surface area contributed by atoms with Crippen molar-refractivity contribution in [1.82, 2.24) is 9.97 Å². The second-order valence-electron chi connectivity index (χ2n) is 5.95. The Balaban J connectivity index is 1.59. The van der Waals surface area contributed by atoms with Crippen molar-refractivity contribution >= 4 is 49.8 Å². The van der Waals surface area contributed by atoms with Gasteiger partial charge >= 0.3 is 0 Å². The smallest absolute Gasteiger partial charge is 0.227 e. The zero-order valence-corrected chi connectivity index (χ0v) is 15.4. The van der Waals surface area contributed by atoms with Crippen LogP contribution in [0.15, 0.2) is 71.3 Å². The van der Waals surface area contributed by atoms with Crippen LogP contribution in [-0.2, 0) is 0 Å². The Labute approximate surface area is 159 Å². The fourth-order valence-electron chi connectivity index (χ4n) is 2.72. The first-order valence-electron chi connectivity index (χ1n) is 8.03. The first-order chi connectivity index (χ1) is 12.6. The van der Waals surface area contributed by atoms with Crippen LogP contribution >= 0.6 is 15.9 Å². The number of rotatable bonds is 3. The van der Waals surface area contributed by atoms with Gasteiger partial charge in [-0.3, -0.25) is 0 Å². The molecule has 0 saturated heterocycles. The lowest BCUT2D eigenvalue weighted by atomic mass is 10.1. The highest BCUT2D eigenvalue weighted by atomic mass is 79.9. The highest BCUT2D eigenvalue weighted by molar-refractivity contribution is 9.10. The third-order valence-corrected chi connectivity index (χ3v) is 4.58. The van der Waals surface area contributed by atoms with Gasteiger partial charge in [0.15, 0.2) is 0 Å². The number of hydrogen-bond acceptors (Lipinski definition) is 5. The maximum absolute atomic E-state index is 5.86. The molecule has 0 bridgehead atoms. The Hall–Kier alpha value is -3.12. The summed E-state index contributed by atoms with van der Waals surface area (Å²) >= 11 is 3.50. The fraction of sp³-hybridized carbons (Fsp3) is 0. The number of nitrogens with zero attached hydrogens (tertiary/aromatic N) is 2. The quantitative estimate of drug-likeness (QED) is 0.418. The standard InChI is InChI=1S/C20H16BrN5/c21-15-3-1-2-13(8-15)12-4-6-16(7-5-12)25-20-24-11-14-9-17(22)18(23)10-19(14)26-20/h1-11H,22-23H2,(H,24,25,26). The highest BCUT2D eigenvalue weighted by Gasteiger charge is 2.05. The van der Waals surface area contributed by atoms with E-state index in [1.54, 1.807) is 18.3 Å². The molecule has 0 aliphatic carbocycles. The summed E-state index contributed by atoms with van der Waals surface area (Å²) in [5.41, 5.74) is 16.7. The molecule has 0 aliphatic heterocycles. The molecule has 1 aromatic heterocycles. The zero-order chi connectivity index (χ0) is 18.1. The van der Waals surface area contributed by atoms with Crippen molar-refractivity contribution in [3.05, 3.63) is 71.3 Å². The zero-order valence-electron chi connectivity index (χ0n) is 13.8. The van der Waals surface area contributed by atoms with E-state index in [1.165, 1.54) is 0 Å². The Morgan fingerprint density at radius 2 is 1.62 bits per heavy atom. The van der Waals surface area contributed by atoms with Gasteiger partial charge in [-0.15, -0.1) is 0 Å². The SMILES string of the molecule is Nc1cc2cnc(Nc3ccc(-c4cccc(Br)c4)cc3)nc2cc1N. The lowest BCUT2D eigenvalue weighted by Gasteiger charge is -2.08.